The van der Waals surface area contributed by atoms with Crippen molar-refractivity contribution < 1.29 is 0 Å². The van der Waals surface area contributed by atoms with Gasteiger partial charge in [0, 0.05) is 22.8 Å². The van der Waals surface area contributed by atoms with Gasteiger partial charge in [0.15, 0.2) is 11.0 Å². The van der Waals surface area contributed by atoms with Gasteiger partial charge in [-0.15, -0.1) is 10.2 Å². The van der Waals surface area contributed by atoms with Crippen molar-refractivity contribution in [2.75, 3.05) is 0 Å². The molecule has 0 unspecified atom stereocenters. The normalized spacial score (nSPS) is 10.9. The molecule has 112 valence electrons. The van der Waals surface area contributed by atoms with Gasteiger partial charge < -0.3 is 4.57 Å². The van der Waals surface area contributed by atoms with E-state index in [0.29, 0.717) is 0 Å². The van der Waals surface area contributed by atoms with Crippen molar-refractivity contribution in [3.8, 4) is 11.4 Å². The van der Waals surface area contributed by atoms with Crippen molar-refractivity contribution in [1.29, 1.82) is 0 Å². The van der Waals surface area contributed by atoms with Crippen molar-refractivity contribution in [3.05, 3.63) is 64.1 Å². The highest BCUT2D eigenvalue weighted by atomic mass is 79.9. The topological polar surface area (TPSA) is 30.7 Å². The minimum absolute atomic E-state index is 0.874. The zero-order valence-corrected chi connectivity index (χ0v) is 14.9. The lowest BCUT2D eigenvalue weighted by molar-refractivity contribution is 0.793. The lowest BCUT2D eigenvalue weighted by atomic mass is 10.2. The van der Waals surface area contributed by atoms with Crippen molar-refractivity contribution in [3.63, 3.8) is 0 Å². The van der Waals surface area contributed by atoms with E-state index in [-0.39, 0.29) is 0 Å². The molecule has 0 saturated heterocycles. The second-order valence-electron chi connectivity index (χ2n) is 5.12. The first-order chi connectivity index (χ1) is 10.6. The highest BCUT2D eigenvalue weighted by Crippen LogP contribution is 2.29. The molecule has 5 heteroatoms. The number of halogens is 1. The fourth-order valence-electron chi connectivity index (χ4n) is 2.15. The molecular weight excluding hydrogens is 358 g/mol. The van der Waals surface area contributed by atoms with Gasteiger partial charge in [-0.1, -0.05) is 75.7 Å². The van der Waals surface area contributed by atoms with E-state index < -0.39 is 0 Å². The van der Waals surface area contributed by atoms with Crippen LogP contribution in [0, 0.1) is 6.92 Å². The van der Waals surface area contributed by atoms with E-state index in [2.05, 4.69) is 57.3 Å². The third-order valence-corrected chi connectivity index (χ3v) is 5.22. The maximum atomic E-state index is 4.34. The highest BCUT2D eigenvalue weighted by Gasteiger charge is 2.13. The molecule has 2 aromatic carbocycles. The van der Waals surface area contributed by atoms with Crippen LogP contribution in [0.25, 0.3) is 11.4 Å². The zero-order chi connectivity index (χ0) is 15.5. The Morgan fingerprint density at radius 1 is 1.05 bits per heavy atom. The summed E-state index contributed by atoms with van der Waals surface area (Å²) in [6.07, 6.45) is 0. The van der Waals surface area contributed by atoms with Gasteiger partial charge in [0.1, 0.15) is 0 Å². The highest BCUT2D eigenvalue weighted by molar-refractivity contribution is 9.10. The van der Waals surface area contributed by atoms with Crippen LogP contribution in [-0.2, 0) is 12.8 Å². The molecule has 3 nitrogen and oxygen atoms in total. The number of hydrogen-bond donors (Lipinski definition) is 0. The van der Waals surface area contributed by atoms with E-state index in [4.69, 9.17) is 0 Å². The minimum Gasteiger partial charge on any atom is -0.305 e. The van der Waals surface area contributed by atoms with Crippen molar-refractivity contribution in [2.45, 2.75) is 17.8 Å². The monoisotopic (exact) mass is 373 g/mol. The summed E-state index contributed by atoms with van der Waals surface area (Å²) >= 11 is 5.27. The SMILES string of the molecule is Cc1ccc(CSc2nnc(-c3ccccc3Br)n2C)cc1. The average molecular weight is 374 g/mol. The summed E-state index contributed by atoms with van der Waals surface area (Å²) in [5, 5.41) is 9.58. The van der Waals surface area contributed by atoms with Gasteiger partial charge in [0.25, 0.3) is 0 Å². The second-order valence-corrected chi connectivity index (χ2v) is 6.92. The van der Waals surface area contributed by atoms with Crippen LogP contribution in [0.5, 0.6) is 0 Å². The molecular formula is C17H16BrN3S. The molecule has 0 saturated carbocycles. The van der Waals surface area contributed by atoms with Gasteiger partial charge >= 0.3 is 0 Å². The fraction of sp³-hybridized carbons (Fsp3) is 0.176. The van der Waals surface area contributed by atoms with E-state index >= 15 is 0 Å². The molecule has 0 aliphatic carbocycles. The zero-order valence-electron chi connectivity index (χ0n) is 12.5. The largest absolute Gasteiger partial charge is 0.305 e. The van der Waals surface area contributed by atoms with Gasteiger partial charge in [0.05, 0.1) is 0 Å². The van der Waals surface area contributed by atoms with Crippen molar-refractivity contribution >= 4 is 27.7 Å². The molecule has 0 spiro atoms. The first-order valence-electron chi connectivity index (χ1n) is 6.98. The summed E-state index contributed by atoms with van der Waals surface area (Å²) in [5.41, 5.74) is 3.63. The number of aryl methyl sites for hydroxylation is 1. The number of rotatable bonds is 4. The summed E-state index contributed by atoms with van der Waals surface area (Å²) in [6, 6.07) is 16.7. The van der Waals surface area contributed by atoms with Gasteiger partial charge in [-0.3, -0.25) is 0 Å². The first kappa shape index (κ1) is 15.3. The van der Waals surface area contributed by atoms with Crippen LogP contribution in [0.3, 0.4) is 0 Å². The predicted molar refractivity (Wildman–Crippen MR) is 94.9 cm³/mol. The third kappa shape index (κ3) is 3.25. The summed E-state index contributed by atoms with van der Waals surface area (Å²) < 4.78 is 3.07. The van der Waals surface area contributed by atoms with E-state index in [1.807, 2.05) is 35.9 Å². The van der Waals surface area contributed by atoms with Crippen LogP contribution in [-0.4, -0.2) is 14.8 Å². The summed E-state index contributed by atoms with van der Waals surface area (Å²) in [7, 11) is 2.01. The Hall–Kier alpha value is -1.59. The Bertz CT molecular complexity index is 781. The van der Waals surface area contributed by atoms with Crippen LogP contribution < -0.4 is 0 Å². The quantitative estimate of drug-likeness (QED) is 0.612. The standard InChI is InChI=1S/C17H16BrN3S/c1-12-7-9-13(10-8-12)11-22-17-20-19-16(21(17)2)14-5-3-4-6-15(14)18/h3-10H,11H2,1-2H3. The number of benzene rings is 2. The van der Waals surface area contributed by atoms with Crippen LogP contribution >= 0.6 is 27.7 Å². The van der Waals surface area contributed by atoms with E-state index in [1.165, 1.54) is 11.1 Å². The van der Waals surface area contributed by atoms with Crippen LogP contribution in [0.15, 0.2) is 58.2 Å². The van der Waals surface area contributed by atoms with E-state index in [1.54, 1.807) is 11.8 Å². The van der Waals surface area contributed by atoms with E-state index in [9.17, 15) is 0 Å². The third-order valence-electron chi connectivity index (χ3n) is 3.44. The first-order valence-corrected chi connectivity index (χ1v) is 8.75. The lowest BCUT2D eigenvalue weighted by Gasteiger charge is -2.05. The lowest BCUT2D eigenvalue weighted by Crippen LogP contribution is -1.95. The smallest absolute Gasteiger partial charge is 0.191 e. The summed E-state index contributed by atoms with van der Waals surface area (Å²) in [4.78, 5) is 0. The van der Waals surface area contributed by atoms with Crippen LogP contribution in [0.2, 0.25) is 0 Å². The molecule has 0 amide bonds. The molecule has 1 heterocycles. The maximum absolute atomic E-state index is 4.34. The van der Waals surface area contributed by atoms with Crippen LogP contribution in [0.4, 0.5) is 0 Å². The molecule has 1 aromatic heterocycles. The van der Waals surface area contributed by atoms with Crippen molar-refractivity contribution in [1.82, 2.24) is 14.8 Å². The Morgan fingerprint density at radius 2 is 1.77 bits per heavy atom. The summed E-state index contributed by atoms with van der Waals surface area (Å²) in [6.45, 7) is 2.10. The molecule has 3 rings (SSSR count). The van der Waals surface area contributed by atoms with Crippen molar-refractivity contribution in [2.24, 2.45) is 7.05 Å². The van der Waals surface area contributed by atoms with E-state index in [0.717, 1.165) is 26.8 Å². The number of nitrogens with zero attached hydrogens (tertiary/aromatic N) is 3. The Kier molecular flexibility index (Phi) is 4.64. The number of hydrogen-bond acceptors (Lipinski definition) is 3. The number of aromatic nitrogens is 3. The number of thioether (sulfide) groups is 1. The van der Waals surface area contributed by atoms with Gasteiger partial charge in [-0.05, 0) is 18.6 Å². The van der Waals surface area contributed by atoms with Gasteiger partial charge in [-0.25, -0.2) is 0 Å². The molecule has 0 N–H and O–H groups in total. The fourth-order valence-corrected chi connectivity index (χ4v) is 3.48. The molecule has 0 radical (unpaired) electrons. The molecule has 3 aromatic rings. The Labute approximate surface area is 142 Å². The Balaban J connectivity index is 1.79. The van der Waals surface area contributed by atoms with Gasteiger partial charge in [0.2, 0.25) is 0 Å². The predicted octanol–water partition coefficient (Wildman–Crippen LogP) is 4.85. The molecule has 0 fully saturated rings. The summed E-state index contributed by atoms with van der Waals surface area (Å²) in [5.74, 6) is 1.77. The average Bonchev–Trinajstić information content (AvgIpc) is 2.88. The Morgan fingerprint density at radius 3 is 2.50 bits per heavy atom. The molecule has 0 aliphatic heterocycles. The maximum Gasteiger partial charge on any atom is 0.191 e. The molecule has 0 atom stereocenters. The molecule has 0 aliphatic rings. The second kappa shape index (κ2) is 6.67. The minimum atomic E-state index is 0.874. The molecule has 0 bridgehead atoms. The van der Waals surface area contributed by atoms with Crippen LogP contribution in [0.1, 0.15) is 11.1 Å². The van der Waals surface area contributed by atoms with Gasteiger partial charge in [-0.2, -0.15) is 0 Å². The molecule has 22 heavy (non-hydrogen) atoms.